The Morgan fingerprint density at radius 2 is 1.67 bits per heavy atom. The van der Waals surface area contributed by atoms with Gasteiger partial charge in [0.1, 0.15) is 0 Å². The van der Waals surface area contributed by atoms with Crippen LogP contribution in [0.25, 0.3) is 0 Å². The molecule has 1 aliphatic rings. The average molecular weight is 331 g/mol. The van der Waals surface area contributed by atoms with Gasteiger partial charge in [0.05, 0.1) is 0 Å². The third-order valence-corrected chi connectivity index (χ3v) is 4.10. The van der Waals surface area contributed by atoms with Crippen molar-refractivity contribution in [2.45, 2.75) is 39.7 Å². The maximum Gasteiger partial charge on any atom is 0.251 e. The zero-order valence-electron chi connectivity index (χ0n) is 14.5. The molecule has 0 aromatic heterocycles. The maximum absolute atomic E-state index is 12.3. The van der Waals surface area contributed by atoms with Crippen molar-refractivity contribution in [1.82, 2.24) is 10.2 Å². The highest BCUT2D eigenvalue weighted by molar-refractivity contribution is 5.95. The summed E-state index contributed by atoms with van der Waals surface area (Å²) in [5, 5.41) is 5.69. The summed E-state index contributed by atoms with van der Waals surface area (Å²) in [4.78, 5) is 37.1. The second-order valence-corrected chi connectivity index (χ2v) is 6.49. The Balaban J connectivity index is 1.85. The third-order valence-electron chi connectivity index (χ3n) is 4.10. The van der Waals surface area contributed by atoms with Crippen molar-refractivity contribution in [1.29, 1.82) is 0 Å². The van der Waals surface area contributed by atoms with Crippen molar-refractivity contribution in [3.8, 4) is 0 Å². The largest absolute Gasteiger partial charge is 0.349 e. The zero-order valence-corrected chi connectivity index (χ0v) is 14.5. The standard InChI is InChI=1S/C18H25N3O3/c1-12(2)18(24)21-10-8-16(9-11-21)20-17(23)14-4-6-15(7-5-14)19-13(3)22/h4-7,12,16H,8-11H2,1-3H3,(H,19,22)(H,20,23). The molecule has 1 fully saturated rings. The van der Waals surface area contributed by atoms with E-state index in [1.807, 2.05) is 18.7 Å². The Kier molecular flexibility index (Phi) is 5.95. The minimum Gasteiger partial charge on any atom is -0.349 e. The summed E-state index contributed by atoms with van der Waals surface area (Å²) >= 11 is 0. The summed E-state index contributed by atoms with van der Waals surface area (Å²) in [6.07, 6.45) is 1.54. The molecule has 0 bridgehead atoms. The number of likely N-dealkylation sites (tertiary alicyclic amines) is 1. The molecule has 130 valence electrons. The highest BCUT2D eigenvalue weighted by Gasteiger charge is 2.25. The maximum atomic E-state index is 12.3. The van der Waals surface area contributed by atoms with E-state index in [2.05, 4.69) is 10.6 Å². The third kappa shape index (κ3) is 4.81. The van der Waals surface area contributed by atoms with E-state index >= 15 is 0 Å². The van der Waals surface area contributed by atoms with Gasteiger partial charge < -0.3 is 15.5 Å². The molecule has 2 N–H and O–H groups in total. The number of hydrogen-bond donors (Lipinski definition) is 2. The van der Waals surface area contributed by atoms with Gasteiger partial charge in [0.2, 0.25) is 11.8 Å². The first-order chi connectivity index (χ1) is 11.4. The van der Waals surface area contributed by atoms with Gasteiger partial charge in [-0.1, -0.05) is 13.8 Å². The lowest BCUT2D eigenvalue weighted by atomic mass is 10.0. The molecule has 0 saturated carbocycles. The van der Waals surface area contributed by atoms with Gasteiger partial charge in [-0.2, -0.15) is 0 Å². The molecule has 1 saturated heterocycles. The number of hydrogen-bond acceptors (Lipinski definition) is 3. The number of carbonyl (C=O) groups excluding carboxylic acids is 3. The topological polar surface area (TPSA) is 78.5 Å². The van der Waals surface area contributed by atoms with Crippen LogP contribution in [0.15, 0.2) is 24.3 Å². The second-order valence-electron chi connectivity index (χ2n) is 6.49. The number of benzene rings is 1. The van der Waals surface area contributed by atoms with Crippen LogP contribution in [0.5, 0.6) is 0 Å². The lowest BCUT2D eigenvalue weighted by Gasteiger charge is -2.33. The lowest BCUT2D eigenvalue weighted by Crippen LogP contribution is -2.47. The highest BCUT2D eigenvalue weighted by atomic mass is 16.2. The van der Waals surface area contributed by atoms with E-state index in [-0.39, 0.29) is 29.7 Å². The van der Waals surface area contributed by atoms with Crippen molar-refractivity contribution in [2.75, 3.05) is 18.4 Å². The van der Waals surface area contributed by atoms with Crippen LogP contribution in [0.4, 0.5) is 5.69 Å². The molecule has 0 aliphatic carbocycles. The molecule has 1 aromatic carbocycles. The first-order valence-electron chi connectivity index (χ1n) is 8.34. The number of carbonyl (C=O) groups is 3. The molecular weight excluding hydrogens is 306 g/mol. The summed E-state index contributed by atoms with van der Waals surface area (Å²) in [6, 6.07) is 6.89. The van der Waals surface area contributed by atoms with E-state index in [9.17, 15) is 14.4 Å². The number of piperidine rings is 1. The summed E-state index contributed by atoms with van der Waals surface area (Å²) in [5.74, 6) is -0.0838. The van der Waals surface area contributed by atoms with E-state index in [0.29, 0.717) is 24.3 Å². The van der Waals surface area contributed by atoms with Gasteiger partial charge in [0.25, 0.3) is 5.91 Å². The van der Waals surface area contributed by atoms with Crippen LogP contribution in [-0.4, -0.2) is 41.8 Å². The number of nitrogens with zero attached hydrogens (tertiary/aromatic N) is 1. The van der Waals surface area contributed by atoms with Crippen LogP contribution in [0.2, 0.25) is 0 Å². The second kappa shape index (κ2) is 7.95. The van der Waals surface area contributed by atoms with Crippen LogP contribution in [0, 0.1) is 5.92 Å². The van der Waals surface area contributed by atoms with Gasteiger partial charge in [-0.15, -0.1) is 0 Å². The lowest BCUT2D eigenvalue weighted by molar-refractivity contribution is -0.135. The minimum absolute atomic E-state index is 0.0123. The van der Waals surface area contributed by atoms with E-state index < -0.39 is 0 Å². The fraction of sp³-hybridized carbons (Fsp3) is 0.500. The summed E-state index contributed by atoms with van der Waals surface area (Å²) in [7, 11) is 0. The van der Waals surface area contributed by atoms with Crippen LogP contribution in [0.1, 0.15) is 44.0 Å². The van der Waals surface area contributed by atoms with Crippen molar-refractivity contribution in [3.05, 3.63) is 29.8 Å². The van der Waals surface area contributed by atoms with Gasteiger partial charge in [0.15, 0.2) is 0 Å². The van der Waals surface area contributed by atoms with Crippen molar-refractivity contribution in [3.63, 3.8) is 0 Å². The van der Waals surface area contributed by atoms with Crippen molar-refractivity contribution < 1.29 is 14.4 Å². The van der Waals surface area contributed by atoms with Gasteiger partial charge in [0, 0.05) is 43.2 Å². The van der Waals surface area contributed by atoms with E-state index in [1.54, 1.807) is 24.3 Å². The quantitative estimate of drug-likeness (QED) is 0.886. The Hall–Kier alpha value is -2.37. The Labute approximate surface area is 142 Å². The van der Waals surface area contributed by atoms with Crippen LogP contribution in [0.3, 0.4) is 0 Å². The van der Waals surface area contributed by atoms with E-state index in [4.69, 9.17) is 0 Å². The molecular formula is C18H25N3O3. The fourth-order valence-electron chi connectivity index (χ4n) is 2.79. The molecule has 3 amide bonds. The van der Waals surface area contributed by atoms with Crippen molar-refractivity contribution in [2.24, 2.45) is 5.92 Å². The number of amides is 3. The van der Waals surface area contributed by atoms with Gasteiger partial charge >= 0.3 is 0 Å². The first-order valence-corrected chi connectivity index (χ1v) is 8.34. The number of anilines is 1. The Morgan fingerprint density at radius 3 is 2.17 bits per heavy atom. The Bertz CT molecular complexity index is 602. The first kappa shape index (κ1) is 18.0. The average Bonchev–Trinajstić information content (AvgIpc) is 2.55. The molecule has 1 aliphatic heterocycles. The van der Waals surface area contributed by atoms with Crippen LogP contribution < -0.4 is 10.6 Å². The minimum atomic E-state index is -0.144. The zero-order chi connectivity index (χ0) is 17.7. The molecule has 1 heterocycles. The fourth-order valence-corrected chi connectivity index (χ4v) is 2.79. The predicted molar refractivity (Wildman–Crippen MR) is 92.7 cm³/mol. The molecule has 6 nitrogen and oxygen atoms in total. The summed E-state index contributed by atoms with van der Waals surface area (Å²) in [6.45, 7) is 6.62. The number of rotatable bonds is 4. The summed E-state index contributed by atoms with van der Waals surface area (Å²) in [5.41, 5.74) is 1.23. The number of nitrogens with one attached hydrogen (secondary N) is 2. The normalized spacial score (nSPS) is 15.2. The highest BCUT2D eigenvalue weighted by Crippen LogP contribution is 2.15. The molecule has 2 rings (SSSR count). The van der Waals surface area contributed by atoms with Gasteiger partial charge in [-0.3, -0.25) is 14.4 Å². The predicted octanol–water partition coefficient (Wildman–Crippen LogP) is 2.02. The Morgan fingerprint density at radius 1 is 1.08 bits per heavy atom. The van der Waals surface area contributed by atoms with Gasteiger partial charge in [-0.05, 0) is 37.1 Å². The molecule has 24 heavy (non-hydrogen) atoms. The molecule has 0 atom stereocenters. The molecule has 0 spiro atoms. The monoisotopic (exact) mass is 331 g/mol. The van der Waals surface area contributed by atoms with Crippen LogP contribution >= 0.6 is 0 Å². The molecule has 6 heteroatoms. The smallest absolute Gasteiger partial charge is 0.251 e. The van der Waals surface area contributed by atoms with Gasteiger partial charge in [-0.25, -0.2) is 0 Å². The van der Waals surface area contributed by atoms with E-state index in [0.717, 1.165) is 12.8 Å². The van der Waals surface area contributed by atoms with Crippen LogP contribution in [-0.2, 0) is 9.59 Å². The summed E-state index contributed by atoms with van der Waals surface area (Å²) < 4.78 is 0. The molecule has 0 unspecified atom stereocenters. The SMILES string of the molecule is CC(=O)Nc1ccc(C(=O)NC2CCN(C(=O)C(C)C)CC2)cc1. The molecule has 0 radical (unpaired) electrons. The van der Waals surface area contributed by atoms with E-state index in [1.165, 1.54) is 6.92 Å². The molecule has 1 aromatic rings. The van der Waals surface area contributed by atoms with Crippen molar-refractivity contribution >= 4 is 23.4 Å².